The second kappa shape index (κ2) is 1.35. The summed E-state index contributed by atoms with van der Waals surface area (Å²) in [4.78, 5) is 0. The molecule has 0 nitrogen and oxygen atoms in total. The minimum atomic E-state index is -0.451. The molecule has 1 aliphatic rings. The maximum atomic E-state index is 5.85. The van der Waals surface area contributed by atoms with Crippen LogP contribution in [0.25, 0.3) is 0 Å². The second-order valence-electron chi connectivity index (χ2n) is 3.07. The fraction of sp³-hybridized carbons (Fsp3) is 1.00. The first-order valence-electron chi connectivity index (χ1n) is 2.78. The lowest BCUT2D eigenvalue weighted by atomic mass is 10.1. The molecule has 8 heavy (non-hydrogen) atoms. The number of alkyl halides is 2. The molecule has 48 valence electrons. The van der Waals surface area contributed by atoms with Crippen LogP contribution in [0.1, 0.15) is 20.8 Å². The van der Waals surface area contributed by atoms with Gasteiger partial charge in [-0.05, 0) is 5.92 Å². The Hall–Kier alpha value is 0.580. The third-order valence-corrected chi connectivity index (χ3v) is 4.03. The lowest BCUT2D eigenvalue weighted by Crippen LogP contribution is -1.96. The highest BCUT2D eigenvalue weighted by Gasteiger charge is 2.67. The summed E-state index contributed by atoms with van der Waals surface area (Å²) in [5.41, 5.74) is 0.135. The van der Waals surface area contributed by atoms with Crippen molar-refractivity contribution in [2.75, 3.05) is 0 Å². The van der Waals surface area contributed by atoms with E-state index in [1.165, 1.54) is 0 Å². The molecule has 1 saturated carbocycles. The van der Waals surface area contributed by atoms with Crippen LogP contribution >= 0.6 is 23.2 Å². The van der Waals surface area contributed by atoms with Crippen molar-refractivity contribution < 1.29 is 0 Å². The van der Waals surface area contributed by atoms with Crippen LogP contribution in [0.4, 0.5) is 0 Å². The SMILES string of the molecule is C[C@@H]1C(C)(C)C1(Cl)Cl. The van der Waals surface area contributed by atoms with Crippen molar-refractivity contribution in [3.8, 4) is 0 Å². The Morgan fingerprint density at radius 3 is 1.38 bits per heavy atom. The Balaban J connectivity index is 2.72. The highest BCUT2D eigenvalue weighted by atomic mass is 35.5. The quantitative estimate of drug-likeness (QED) is 0.469. The topological polar surface area (TPSA) is 0 Å². The molecule has 0 N–H and O–H groups in total. The minimum Gasteiger partial charge on any atom is -0.101 e. The van der Waals surface area contributed by atoms with Gasteiger partial charge in [0.15, 0.2) is 0 Å². The van der Waals surface area contributed by atoms with Crippen molar-refractivity contribution in [2.24, 2.45) is 11.3 Å². The van der Waals surface area contributed by atoms with Gasteiger partial charge in [-0.1, -0.05) is 20.8 Å². The van der Waals surface area contributed by atoms with Gasteiger partial charge < -0.3 is 0 Å². The van der Waals surface area contributed by atoms with Crippen molar-refractivity contribution in [1.29, 1.82) is 0 Å². The summed E-state index contributed by atoms with van der Waals surface area (Å²) < 4.78 is -0.451. The third kappa shape index (κ3) is 0.534. The summed E-state index contributed by atoms with van der Waals surface area (Å²) >= 11 is 11.7. The number of halogens is 2. The second-order valence-corrected chi connectivity index (χ2v) is 4.45. The average molecular weight is 153 g/mol. The normalized spacial score (nSPS) is 39.4. The molecule has 0 unspecified atom stereocenters. The van der Waals surface area contributed by atoms with Gasteiger partial charge in [-0.15, -0.1) is 23.2 Å². The Morgan fingerprint density at radius 1 is 1.25 bits per heavy atom. The highest BCUT2D eigenvalue weighted by molar-refractivity contribution is 6.51. The first-order valence-corrected chi connectivity index (χ1v) is 3.54. The molecule has 1 aliphatic carbocycles. The zero-order valence-electron chi connectivity index (χ0n) is 5.33. The van der Waals surface area contributed by atoms with Crippen LogP contribution in [0, 0.1) is 11.3 Å². The summed E-state index contributed by atoms with van der Waals surface area (Å²) in [5.74, 6) is 0.443. The Bertz CT molecular complexity index is 102. The molecule has 0 saturated heterocycles. The molecule has 1 atom stereocenters. The van der Waals surface area contributed by atoms with E-state index in [1.54, 1.807) is 0 Å². The zero-order chi connectivity index (χ0) is 6.58. The Labute approximate surface area is 60.2 Å². The Morgan fingerprint density at radius 2 is 1.38 bits per heavy atom. The molecule has 0 aromatic rings. The van der Waals surface area contributed by atoms with Gasteiger partial charge in [0, 0.05) is 5.41 Å². The summed E-state index contributed by atoms with van der Waals surface area (Å²) in [6, 6.07) is 0. The van der Waals surface area contributed by atoms with Gasteiger partial charge in [-0.3, -0.25) is 0 Å². The molecular weight excluding hydrogens is 143 g/mol. The Kier molecular flexibility index (Phi) is 1.13. The number of rotatable bonds is 0. The van der Waals surface area contributed by atoms with E-state index in [1.807, 2.05) is 0 Å². The summed E-state index contributed by atoms with van der Waals surface area (Å²) in [7, 11) is 0. The first-order chi connectivity index (χ1) is 3.40. The van der Waals surface area contributed by atoms with E-state index in [9.17, 15) is 0 Å². The lowest BCUT2D eigenvalue weighted by Gasteiger charge is -1.99. The molecular formula is C6H10Cl2. The molecule has 0 amide bonds. The van der Waals surface area contributed by atoms with Gasteiger partial charge in [-0.2, -0.15) is 0 Å². The van der Waals surface area contributed by atoms with Crippen LogP contribution in [0.5, 0.6) is 0 Å². The van der Waals surface area contributed by atoms with Gasteiger partial charge in [-0.25, -0.2) is 0 Å². The van der Waals surface area contributed by atoms with Gasteiger partial charge in [0.05, 0.1) is 0 Å². The van der Waals surface area contributed by atoms with E-state index in [-0.39, 0.29) is 5.41 Å². The van der Waals surface area contributed by atoms with E-state index >= 15 is 0 Å². The number of hydrogen-bond acceptors (Lipinski definition) is 0. The van der Waals surface area contributed by atoms with Crippen molar-refractivity contribution in [1.82, 2.24) is 0 Å². The smallest absolute Gasteiger partial charge is 0.101 e. The molecule has 0 bridgehead atoms. The standard InChI is InChI=1S/C6H10Cl2/c1-4-5(2,3)6(4,7)8/h4H,1-3H3/t4-/m1/s1. The predicted molar refractivity (Wildman–Crippen MR) is 37.4 cm³/mol. The largest absolute Gasteiger partial charge is 0.126 e. The van der Waals surface area contributed by atoms with Gasteiger partial charge >= 0.3 is 0 Å². The van der Waals surface area contributed by atoms with Crippen LogP contribution in [0.15, 0.2) is 0 Å². The van der Waals surface area contributed by atoms with E-state index in [0.717, 1.165) is 0 Å². The van der Waals surface area contributed by atoms with Crippen LogP contribution in [0.2, 0.25) is 0 Å². The number of hydrogen-bond donors (Lipinski definition) is 0. The van der Waals surface area contributed by atoms with E-state index in [4.69, 9.17) is 23.2 Å². The van der Waals surface area contributed by atoms with Crippen molar-refractivity contribution in [2.45, 2.75) is 25.1 Å². The molecule has 0 aromatic carbocycles. The fourth-order valence-electron chi connectivity index (χ4n) is 0.898. The van der Waals surface area contributed by atoms with Crippen LogP contribution in [-0.4, -0.2) is 4.33 Å². The van der Waals surface area contributed by atoms with Crippen molar-refractivity contribution >= 4 is 23.2 Å². The fourth-order valence-corrected chi connectivity index (χ4v) is 1.66. The van der Waals surface area contributed by atoms with E-state index in [0.29, 0.717) is 5.92 Å². The van der Waals surface area contributed by atoms with E-state index < -0.39 is 4.33 Å². The van der Waals surface area contributed by atoms with Gasteiger partial charge in [0.2, 0.25) is 0 Å². The molecule has 1 fully saturated rings. The molecule has 2 heteroatoms. The van der Waals surface area contributed by atoms with E-state index in [2.05, 4.69) is 20.8 Å². The van der Waals surface area contributed by atoms with Crippen molar-refractivity contribution in [3.05, 3.63) is 0 Å². The predicted octanol–water partition coefficient (Wildman–Crippen LogP) is 2.84. The zero-order valence-corrected chi connectivity index (χ0v) is 6.85. The monoisotopic (exact) mass is 152 g/mol. The molecule has 0 aromatic heterocycles. The highest BCUT2D eigenvalue weighted by Crippen LogP contribution is 2.68. The molecule has 0 aliphatic heterocycles. The summed E-state index contributed by atoms with van der Waals surface area (Å²) in [5, 5.41) is 0. The third-order valence-electron chi connectivity index (χ3n) is 2.40. The van der Waals surface area contributed by atoms with Crippen LogP contribution in [-0.2, 0) is 0 Å². The molecule has 0 heterocycles. The van der Waals surface area contributed by atoms with Gasteiger partial charge in [0.1, 0.15) is 4.33 Å². The van der Waals surface area contributed by atoms with Gasteiger partial charge in [0.25, 0.3) is 0 Å². The van der Waals surface area contributed by atoms with Crippen LogP contribution in [0.3, 0.4) is 0 Å². The first kappa shape index (κ1) is 6.70. The maximum absolute atomic E-state index is 5.85. The molecule has 0 spiro atoms. The average Bonchev–Trinajstić information content (AvgIpc) is 1.88. The molecule has 0 radical (unpaired) electrons. The van der Waals surface area contributed by atoms with Crippen LogP contribution < -0.4 is 0 Å². The lowest BCUT2D eigenvalue weighted by molar-refractivity contribution is 0.582. The minimum absolute atomic E-state index is 0.135. The maximum Gasteiger partial charge on any atom is 0.126 e. The molecule has 1 rings (SSSR count). The van der Waals surface area contributed by atoms with Crippen molar-refractivity contribution in [3.63, 3.8) is 0 Å². The summed E-state index contributed by atoms with van der Waals surface area (Å²) in [6.07, 6.45) is 0. The summed E-state index contributed by atoms with van der Waals surface area (Å²) in [6.45, 7) is 6.23.